The zero-order chi connectivity index (χ0) is 19.8. The summed E-state index contributed by atoms with van der Waals surface area (Å²) in [4.78, 5) is 37.0. The number of alkyl halides is 1. The van der Waals surface area contributed by atoms with Gasteiger partial charge >= 0.3 is 5.97 Å². The fraction of sp³-hybridized carbons (Fsp3) is 0.211. The highest BCUT2D eigenvalue weighted by Gasteiger charge is 2.16. The molecule has 0 spiro atoms. The lowest BCUT2D eigenvalue weighted by molar-refractivity contribution is -0.142. The number of benzene rings is 2. The second-order valence-electron chi connectivity index (χ2n) is 5.63. The first kappa shape index (κ1) is 20.4. The van der Waals surface area contributed by atoms with Crippen molar-refractivity contribution in [1.29, 1.82) is 0 Å². The summed E-state index contributed by atoms with van der Waals surface area (Å²) in [6.45, 7) is 0.296. The molecule has 0 aliphatic heterocycles. The van der Waals surface area contributed by atoms with Gasteiger partial charge in [0.05, 0.1) is 19.0 Å². The number of carbonyl (C=O) groups is 3. The van der Waals surface area contributed by atoms with Crippen molar-refractivity contribution in [1.82, 2.24) is 0 Å². The van der Waals surface area contributed by atoms with Crippen molar-refractivity contribution in [2.75, 3.05) is 22.7 Å². The molecule has 0 bridgehead atoms. The third-order valence-corrected chi connectivity index (χ3v) is 4.15. The maximum atomic E-state index is 12.4. The largest absolute Gasteiger partial charge is 0.508 e. The summed E-state index contributed by atoms with van der Waals surface area (Å²) in [7, 11) is 1.21. The van der Waals surface area contributed by atoms with Gasteiger partial charge in [0.15, 0.2) is 0 Å². The second-order valence-corrected chi connectivity index (χ2v) is 6.19. The monoisotopic (exact) mass is 434 g/mol. The maximum absolute atomic E-state index is 12.4. The highest BCUT2D eigenvalue weighted by molar-refractivity contribution is 9.09. The Bertz CT molecular complexity index is 823. The first-order valence-electron chi connectivity index (χ1n) is 8.04. The number of esters is 1. The van der Waals surface area contributed by atoms with Gasteiger partial charge in [-0.2, -0.15) is 0 Å². The van der Waals surface area contributed by atoms with Crippen LogP contribution in [0.5, 0.6) is 5.75 Å². The van der Waals surface area contributed by atoms with E-state index in [-0.39, 0.29) is 17.0 Å². The highest BCUT2D eigenvalue weighted by atomic mass is 79.9. The molecule has 2 rings (SSSR count). The summed E-state index contributed by atoms with van der Waals surface area (Å²) >= 11 is 3.18. The molecule has 0 fully saturated rings. The summed E-state index contributed by atoms with van der Waals surface area (Å²) in [5, 5.41) is 12.1. The van der Waals surface area contributed by atoms with Crippen molar-refractivity contribution in [3.8, 4) is 5.75 Å². The number of aromatic hydroxyl groups is 1. The molecular weight excluding hydrogens is 416 g/mol. The van der Waals surface area contributed by atoms with E-state index in [0.717, 1.165) is 5.56 Å². The third-order valence-electron chi connectivity index (χ3n) is 3.67. The van der Waals surface area contributed by atoms with Crippen molar-refractivity contribution < 1.29 is 24.2 Å². The molecule has 142 valence electrons. The number of carbonyl (C=O) groups excluding carboxylic acids is 3. The van der Waals surface area contributed by atoms with Gasteiger partial charge in [-0.25, -0.2) is 0 Å². The minimum atomic E-state index is -0.632. The molecule has 2 N–H and O–H groups in total. The van der Waals surface area contributed by atoms with Gasteiger partial charge in [0.25, 0.3) is 0 Å². The molecule has 8 heteroatoms. The lowest BCUT2D eigenvalue weighted by Crippen LogP contribution is -2.31. The van der Waals surface area contributed by atoms with Crippen molar-refractivity contribution in [3.63, 3.8) is 0 Å². The highest BCUT2D eigenvalue weighted by Crippen LogP contribution is 2.23. The number of nitrogens with one attached hydrogen (secondary N) is 1. The number of rotatable bonds is 7. The Kier molecular flexibility index (Phi) is 7.36. The quantitative estimate of drug-likeness (QED) is 0.396. The van der Waals surface area contributed by atoms with E-state index in [1.165, 1.54) is 7.11 Å². The molecule has 0 saturated carbocycles. The molecule has 2 aromatic carbocycles. The van der Waals surface area contributed by atoms with Crippen LogP contribution < -0.4 is 10.2 Å². The normalized spacial score (nSPS) is 10.1. The molecule has 2 aromatic rings. The van der Waals surface area contributed by atoms with E-state index >= 15 is 0 Å². The van der Waals surface area contributed by atoms with Crippen molar-refractivity contribution >= 4 is 45.1 Å². The van der Waals surface area contributed by atoms with E-state index < -0.39 is 18.3 Å². The molecule has 7 nitrogen and oxygen atoms in total. The molecule has 2 amide bonds. The number of amides is 2. The average molecular weight is 435 g/mol. The fourth-order valence-electron chi connectivity index (χ4n) is 2.34. The zero-order valence-electron chi connectivity index (χ0n) is 14.6. The molecule has 0 saturated heterocycles. The van der Waals surface area contributed by atoms with Crippen molar-refractivity contribution in [2.45, 2.75) is 13.0 Å². The average Bonchev–Trinajstić information content (AvgIpc) is 2.66. The number of methoxy groups -OCH3 is 1. The molecular formula is C19H19BrN2O5. The van der Waals surface area contributed by atoms with Gasteiger partial charge in [-0.15, -0.1) is 0 Å². The van der Waals surface area contributed by atoms with Crippen LogP contribution in [0.15, 0.2) is 48.5 Å². The van der Waals surface area contributed by atoms with Crippen LogP contribution in [-0.4, -0.2) is 35.3 Å². The standard InChI is InChI=1S/C19H19BrN2O5/c1-27-19(26)10-17(24)21-14-3-2-4-15(9-14)22(18(25)11-20)12-13-5-7-16(23)8-6-13/h2-9,23H,10-12H2,1H3,(H,21,24). The minimum Gasteiger partial charge on any atom is -0.508 e. The zero-order valence-corrected chi connectivity index (χ0v) is 16.2. The van der Waals surface area contributed by atoms with Crippen LogP contribution in [0.3, 0.4) is 0 Å². The SMILES string of the molecule is COC(=O)CC(=O)Nc1cccc(N(Cc2ccc(O)cc2)C(=O)CBr)c1. The van der Waals surface area contributed by atoms with E-state index in [0.29, 0.717) is 17.9 Å². The summed E-state index contributed by atoms with van der Waals surface area (Å²) in [6.07, 6.45) is -0.391. The molecule has 27 heavy (non-hydrogen) atoms. The Hall–Kier alpha value is -2.87. The van der Waals surface area contributed by atoms with Gasteiger partial charge in [-0.1, -0.05) is 34.1 Å². The summed E-state index contributed by atoms with van der Waals surface area (Å²) in [5.41, 5.74) is 1.88. The Morgan fingerprint density at radius 2 is 1.85 bits per heavy atom. The smallest absolute Gasteiger partial charge is 0.315 e. The Morgan fingerprint density at radius 1 is 1.15 bits per heavy atom. The topological polar surface area (TPSA) is 95.9 Å². The molecule has 0 unspecified atom stereocenters. The molecule has 0 radical (unpaired) electrons. The Morgan fingerprint density at radius 3 is 2.48 bits per heavy atom. The van der Waals surface area contributed by atoms with Gasteiger partial charge in [0.1, 0.15) is 12.2 Å². The lowest BCUT2D eigenvalue weighted by atomic mass is 10.1. The van der Waals surface area contributed by atoms with Crippen LogP contribution in [0.2, 0.25) is 0 Å². The number of phenols is 1. The van der Waals surface area contributed by atoms with Crippen LogP contribution in [0.4, 0.5) is 11.4 Å². The van der Waals surface area contributed by atoms with E-state index in [1.54, 1.807) is 53.4 Å². The van der Waals surface area contributed by atoms with E-state index in [9.17, 15) is 19.5 Å². The maximum Gasteiger partial charge on any atom is 0.315 e. The molecule has 0 heterocycles. The number of nitrogens with zero attached hydrogens (tertiary/aromatic N) is 1. The molecule has 0 aromatic heterocycles. The number of hydrogen-bond acceptors (Lipinski definition) is 5. The van der Waals surface area contributed by atoms with Gasteiger partial charge in [-0.3, -0.25) is 14.4 Å². The van der Waals surface area contributed by atoms with Crippen LogP contribution >= 0.6 is 15.9 Å². The molecule has 0 atom stereocenters. The number of anilines is 2. The van der Waals surface area contributed by atoms with Gasteiger partial charge in [0, 0.05) is 11.4 Å². The summed E-state index contributed by atoms with van der Waals surface area (Å²) in [6, 6.07) is 13.3. The predicted molar refractivity (Wildman–Crippen MR) is 105 cm³/mol. The number of halogens is 1. The summed E-state index contributed by atoms with van der Waals surface area (Å²) in [5.74, 6) is -1.16. The lowest BCUT2D eigenvalue weighted by Gasteiger charge is -2.23. The predicted octanol–water partition coefficient (Wildman–Crippen LogP) is 2.82. The second kappa shape index (κ2) is 9.72. The van der Waals surface area contributed by atoms with Gasteiger partial charge < -0.3 is 20.1 Å². The molecule has 0 aliphatic rings. The van der Waals surface area contributed by atoms with E-state index in [2.05, 4.69) is 26.0 Å². The summed E-state index contributed by atoms with van der Waals surface area (Å²) < 4.78 is 4.47. The number of phenolic OH excluding ortho intramolecular Hbond substituents is 1. The van der Waals surface area contributed by atoms with Crippen LogP contribution in [0, 0.1) is 0 Å². The van der Waals surface area contributed by atoms with Crippen LogP contribution in [0.1, 0.15) is 12.0 Å². The number of ether oxygens (including phenoxy) is 1. The molecule has 0 aliphatic carbocycles. The fourth-order valence-corrected chi connectivity index (χ4v) is 2.64. The van der Waals surface area contributed by atoms with E-state index in [4.69, 9.17) is 0 Å². The first-order chi connectivity index (χ1) is 12.9. The van der Waals surface area contributed by atoms with Crippen LogP contribution in [0.25, 0.3) is 0 Å². The third kappa shape index (κ3) is 6.10. The van der Waals surface area contributed by atoms with Crippen LogP contribution in [-0.2, 0) is 25.7 Å². The number of hydrogen-bond donors (Lipinski definition) is 2. The van der Waals surface area contributed by atoms with E-state index in [1.807, 2.05) is 0 Å². The van der Waals surface area contributed by atoms with Crippen molar-refractivity contribution in [3.05, 3.63) is 54.1 Å². The van der Waals surface area contributed by atoms with Gasteiger partial charge in [-0.05, 0) is 35.9 Å². The minimum absolute atomic E-state index is 0.129. The van der Waals surface area contributed by atoms with Gasteiger partial charge in [0.2, 0.25) is 11.8 Å². The van der Waals surface area contributed by atoms with Crippen molar-refractivity contribution in [2.24, 2.45) is 0 Å². The first-order valence-corrected chi connectivity index (χ1v) is 9.16. The Labute approximate surface area is 165 Å². The Balaban J connectivity index is 2.20.